The van der Waals surface area contributed by atoms with Crippen molar-refractivity contribution in [2.75, 3.05) is 6.54 Å². The van der Waals surface area contributed by atoms with Gasteiger partial charge in [0.05, 0.1) is 0 Å². The molecule has 3 heteroatoms. The zero-order valence-electron chi connectivity index (χ0n) is 8.53. The maximum Gasteiger partial charge on any atom is 0.185 e. The number of hydrogen-bond donors (Lipinski definition) is 2. The molecule has 3 nitrogen and oxygen atoms in total. The van der Waals surface area contributed by atoms with Crippen LogP contribution in [0.25, 0.3) is 0 Å². The first-order chi connectivity index (χ1) is 6.68. The predicted molar refractivity (Wildman–Crippen MR) is 60.2 cm³/mol. The molecule has 0 aliphatic carbocycles. The lowest BCUT2D eigenvalue weighted by atomic mass is 10.1. The van der Waals surface area contributed by atoms with Crippen molar-refractivity contribution in [3.05, 3.63) is 35.4 Å². The van der Waals surface area contributed by atoms with E-state index >= 15 is 0 Å². The third kappa shape index (κ3) is 3.94. The topological polar surface area (TPSA) is 64.4 Å². The van der Waals surface area contributed by atoms with Crippen LogP contribution in [0.3, 0.4) is 0 Å². The molecule has 0 heterocycles. The van der Waals surface area contributed by atoms with Crippen LogP contribution in [-0.2, 0) is 6.42 Å². The zero-order chi connectivity index (χ0) is 10.4. The van der Waals surface area contributed by atoms with E-state index < -0.39 is 0 Å². The van der Waals surface area contributed by atoms with Gasteiger partial charge in [0, 0.05) is 6.54 Å². The Morgan fingerprint density at radius 3 is 2.43 bits per heavy atom. The highest BCUT2D eigenvalue weighted by Gasteiger charge is 1.92. The van der Waals surface area contributed by atoms with Crippen LogP contribution in [0.5, 0.6) is 0 Å². The van der Waals surface area contributed by atoms with Crippen molar-refractivity contribution >= 4 is 5.96 Å². The van der Waals surface area contributed by atoms with Crippen LogP contribution in [0.15, 0.2) is 29.3 Å². The molecule has 76 valence electrons. The van der Waals surface area contributed by atoms with E-state index in [4.69, 9.17) is 11.5 Å². The van der Waals surface area contributed by atoms with E-state index in [0.29, 0.717) is 6.54 Å². The average molecular weight is 191 g/mol. The number of aryl methyl sites for hydroxylation is 2. The Bertz CT molecular complexity index is 297. The molecule has 1 aromatic carbocycles. The fourth-order valence-electron chi connectivity index (χ4n) is 1.25. The molecule has 0 atom stereocenters. The third-order valence-corrected chi connectivity index (χ3v) is 2.04. The smallest absolute Gasteiger partial charge is 0.185 e. The van der Waals surface area contributed by atoms with E-state index in [9.17, 15) is 0 Å². The molecule has 14 heavy (non-hydrogen) atoms. The summed E-state index contributed by atoms with van der Waals surface area (Å²) in [6, 6.07) is 8.53. The lowest BCUT2D eigenvalue weighted by Crippen LogP contribution is -2.23. The molecular formula is C11H17N3. The largest absolute Gasteiger partial charge is 0.370 e. The molecule has 0 aliphatic heterocycles. The van der Waals surface area contributed by atoms with Crippen molar-refractivity contribution in [2.24, 2.45) is 16.5 Å². The van der Waals surface area contributed by atoms with Crippen molar-refractivity contribution in [1.29, 1.82) is 0 Å². The van der Waals surface area contributed by atoms with Crippen molar-refractivity contribution in [3.8, 4) is 0 Å². The molecule has 0 saturated carbocycles. The summed E-state index contributed by atoms with van der Waals surface area (Å²) in [6.07, 6.45) is 2.01. The molecule has 0 unspecified atom stereocenters. The maximum absolute atomic E-state index is 5.22. The molecule has 0 radical (unpaired) electrons. The third-order valence-electron chi connectivity index (χ3n) is 2.04. The maximum atomic E-state index is 5.22. The van der Waals surface area contributed by atoms with Crippen LogP contribution in [-0.4, -0.2) is 12.5 Å². The second-order valence-corrected chi connectivity index (χ2v) is 3.40. The van der Waals surface area contributed by atoms with Crippen LogP contribution in [0.1, 0.15) is 17.5 Å². The van der Waals surface area contributed by atoms with Gasteiger partial charge in [-0.1, -0.05) is 29.8 Å². The quantitative estimate of drug-likeness (QED) is 0.426. The van der Waals surface area contributed by atoms with E-state index in [-0.39, 0.29) is 5.96 Å². The lowest BCUT2D eigenvalue weighted by Gasteiger charge is -2.00. The van der Waals surface area contributed by atoms with Gasteiger partial charge in [-0.2, -0.15) is 0 Å². The lowest BCUT2D eigenvalue weighted by molar-refractivity contribution is 0.831. The summed E-state index contributed by atoms with van der Waals surface area (Å²) in [4.78, 5) is 3.93. The van der Waals surface area contributed by atoms with Gasteiger partial charge in [-0.3, -0.25) is 4.99 Å². The van der Waals surface area contributed by atoms with Crippen LogP contribution >= 0.6 is 0 Å². The first kappa shape index (κ1) is 10.6. The molecule has 0 amide bonds. The fraction of sp³-hybridized carbons (Fsp3) is 0.364. The second-order valence-electron chi connectivity index (χ2n) is 3.40. The normalized spacial score (nSPS) is 9.79. The Labute approximate surface area is 84.8 Å². The number of nitrogens with two attached hydrogens (primary N) is 2. The summed E-state index contributed by atoms with van der Waals surface area (Å²) in [5.41, 5.74) is 13.1. The zero-order valence-corrected chi connectivity index (χ0v) is 8.53. The summed E-state index contributed by atoms with van der Waals surface area (Å²) in [5.74, 6) is 0.175. The van der Waals surface area contributed by atoms with Gasteiger partial charge in [-0.05, 0) is 25.3 Å². The van der Waals surface area contributed by atoms with Gasteiger partial charge in [0.1, 0.15) is 0 Å². The highest BCUT2D eigenvalue weighted by molar-refractivity contribution is 5.75. The average Bonchev–Trinajstić information content (AvgIpc) is 2.15. The van der Waals surface area contributed by atoms with Crippen molar-refractivity contribution < 1.29 is 0 Å². The Morgan fingerprint density at radius 2 is 1.86 bits per heavy atom. The minimum absolute atomic E-state index is 0.175. The Morgan fingerprint density at radius 1 is 1.21 bits per heavy atom. The minimum atomic E-state index is 0.175. The molecule has 1 aromatic rings. The highest BCUT2D eigenvalue weighted by atomic mass is 15.0. The SMILES string of the molecule is Cc1ccc(CCCN=C(N)N)cc1. The molecule has 4 N–H and O–H groups in total. The Hall–Kier alpha value is -1.51. The first-order valence-electron chi connectivity index (χ1n) is 4.79. The van der Waals surface area contributed by atoms with Gasteiger partial charge in [0.2, 0.25) is 0 Å². The molecular weight excluding hydrogens is 174 g/mol. The van der Waals surface area contributed by atoms with Gasteiger partial charge in [-0.25, -0.2) is 0 Å². The van der Waals surface area contributed by atoms with E-state index in [1.807, 2.05) is 0 Å². The first-order valence-corrected chi connectivity index (χ1v) is 4.79. The summed E-state index contributed by atoms with van der Waals surface area (Å²) in [7, 11) is 0. The molecule has 0 bridgehead atoms. The molecule has 0 saturated heterocycles. The Balaban J connectivity index is 2.32. The molecule has 1 rings (SSSR count). The monoisotopic (exact) mass is 191 g/mol. The summed E-state index contributed by atoms with van der Waals surface area (Å²) in [6.45, 7) is 2.79. The van der Waals surface area contributed by atoms with Gasteiger partial charge < -0.3 is 11.5 Å². The highest BCUT2D eigenvalue weighted by Crippen LogP contribution is 2.05. The summed E-state index contributed by atoms with van der Waals surface area (Å²) in [5, 5.41) is 0. The van der Waals surface area contributed by atoms with Crippen LogP contribution in [0.2, 0.25) is 0 Å². The Kier molecular flexibility index (Phi) is 3.98. The van der Waals surface area contributed by atoms with Crippen molar-refractivity contribution in [2.45, 2.75) is 19.8 Å². The van der Waals surface area contributed by atoms with Crippen molar-refractivity contribution in [3.63, 3.8) is 0 Å². The van der Waals surface area contributed by atoms with Gasteiger partial charge >= 0.3 is 0 Å². The van der Waals surface area contributed by atoms with E-state index in [0.717, 1.165) is 12.8 Å². The van der Waals surface area contributed by atoms with Crippen LogP contribution in [0, 0.1) is 6.92 Å². The van der Waals surface area contributed by atoms with Crippen LogP contribution in [0.4, 0.5) is 0 Å². The predicted octanol–water partition coefficient (Wildman–Crippen LogP) is 1.20. The van der Waals surface area contributed by atoms with E-state index in [2.05, 4.69) is 36.2 Å². The fourth-order valence-corrected chi connectivity index (χ4v) is 1.25. The molecule has 0 aliphatic rings. The number of aliphatic imine (C=N–C) groups is 1. The van der Waals surface area contributed by atoms with Gasteiger partial charge in [0.15, 0.2) is 5.96 Å². The molecule has 0 spiro atoms. The van der Waals surface area contributed by atoms with Gasteiger partial charge in [0.25, 0.3) is 0 Å². The van der Waals surface area contributed by atoms with E-state index in [1.165, 1.54) is 11.1 Å². The number of guanidine groups is 1. The number of benzene rings is 1. The minimum Gasteiger partial charge on any atom is -0.370 e. The second kappa shape index (κ2) is 5.27. The molecule has 0 fully saturated rings. The van der Waals surface area contributed by atoms with Crippen LogP contribution < -0.4 is 11.5 Å². The summed E-state index contributed by atoms with van der Waals surface area (Å²) >= 11 is 0. The standard InChI is InChI=1S/C11H17N3/c1-9-4-6-10(7-5-9)3-2-8-14-11(12)13/h4-7H,2-3,8H2,1H3,(H4,12,13,14). The molecule has 0 aromatic heterocycles. The summed E-state index contributed by atoms with van der Waals surface area (Å²) < 4.78 is 0. The van der Waals surface area contributed by atoms with Gasteiger partial charge in [-0.15, -0.1) is 0 Å². The number of rotatable bonds is 4. The number of hydrogen-bond acceptors (Lipinski definition) is 1. The number of nitrogens with zero attached hydrogens (tertiary/aromatic N) is 1. The van der Waals surface area contributed by atoms with E-state index in [1.54, 1.807) is 0 Å². The van der Waals surface area contributed by atoms with Crippen molar-refractivity contribution in [1.82, 2.24) is 0 Å².